The summed E-state index contributed by atoms with van der Waals surface area (Å²) in [5.74, 6) is -1.30. The Hall–Kier alpha value is -2.08. The molecule has 0 unspecified atom stereocenters. The topological polar surface area (TPSA) is 92.9 Å². The van der Waals surface area contributed by atoms with Crippen molar-refractivity contribution in [1.82, 2.24) is 4.90 Å². The molecular weight excluding hydrogens is 248 g/mol. The summed E-state index contributed by atoms with van der Waals surface area (Å²) in [5, 5.41) is 8.79. The number of methoxy groups -OCH3 is 1. The number of nitrogens with zero attached hydrogens (tertiary/aromatic N) is 1. The molecule has 0 aliphatic carbocycles. The maximum absolute atomic E-state index is 12.0. The first kappa shape index (κ1) is 15.0. The molecular formula is C13H18N2O4. The van der Waals surface area contributed by atoms with Gasteiger partial charge in [0.25, 0.3) is 0 Å². The van der Waals surface area contributed by atoms with E-state index >= 15 is 0 Å². The molecule has 6 nitrogen and oxygen atoms in total. The van der Waals surface area contributed by atoms with Crippen LogP contribution in [0.4, 0.5) is 5.69 Å². The number of nitrogen functional groups attached to an aromatic ring is 1. The zero-order valence-corrected chi connectivity index (χ0v) is 10.8. The van der Waals surface area contributed by atoms with E-state index in [1.165, 1.54) is 12.0 Å². The minimum atomic E-state index is -1.04. The quantitative estimate of drug-likeness (QED) is 0.696. The summed E-state index contributed by atoms with van der Waals surface area (Å²) < 4.78 is 4.87. The molecule has 1 rings (SSSR count). The van der Waals surface area contributed by atoms with Gasteiger partial charge in [0.05, 0.1) is 13.0 Å². The number of hydrogen-bond donors (Lipinski definition) is 2. The van der Waals surface area contributed by atoms with E-state index in [2.05, 4.69) is 0 Å². The van der Waals surface area contributed by atoms with Crippen molar-refractivity contribution in [3.63, 3.8) is 0 Å². The molecule has 0 fully saturated rings. The van der Waals surface area contributed by atoms with Crippen molar-refractivity contribution in [3.8, 4) is 0 Å². The number of carbonyl (C=O) groups excluding carboxylic acids is 1. The van der Waals surface area contributed by atoms with E-state index in [9.17, 15) is 9.59 Å². The van der Waals surface area contributed by atoms with Crippen molar-refractivity contribution in [3.05, 3.63) is 29.8 Å². The Morgan fingerprint density at radius 2 is 2.16 bits per heavy atom. The third kappa shape index (κ3) is 5.39. The lowest BCUT2D eigenvalue weighted by atomic mass is 10.1. The Bertz CT molecular complexity index is 448. The van der Waals surface area contributed by atoms with E-state index in [1.807, 2.05) is 0 Å². The first-order valence-electron chi connectivity index (χ1n) is 5.86. The van der Waals surface area contributed by atoms with Crippen molar-refractivity contribution in [2.45, 2.75) is 6.42 Å². The monoisotopic (exact) mass is 266 g/mol. The van der Waals surface area contributed by atoms with E-state index < -0.39 is 5.97 Å². The van der Waals surface area contributed by atoms with Crippen LogP contribution in [-0.4, -0.2) is 48.7 Å². The highest BCUT2D eigenvalue weighted by Gasteiger charge is 2.16. The van der Waals surface area contributed by atoms with Crippen LogP contribution in [0.3, 0.4) is 0 Å². The van der Waals surface area contributed by atoms with Crippen LogP contribution in [0.25, 0.3) is 0 Å². The zero-order chi connectivity index (χ0) is 14.3. The maximum Gasteiger partial charge on any atom is 0.323 e. The molecule has 1 aromatic rings. The second-order valence-corrected chi connectivity index (χ2v) is 4.12. The van der Waals surface area contributed by atoms with Crippen LogP contribution in [0.2, 0.25) is 0 Å². The highest BCUT2D eigenvalue weighted by Crippen LogP contribution is 2.08. The molecule has 0 spiro atoms. The fourth-order valence-electron chi connectivity index (χ4n) is 1.65. The van der Waals surface area contributed by atoms with E-state index in [0.29, 0.717) is 12.3 Å². The second-order valence-electron chi connectivity index (χ2n) is 4.12. The Balaban J connectivity index is 2.67. The molecule has 0 saturated carbocycles. The van der Waals surface area contributed by atoms with E-state index in [4.69, 9.17) is 15.6 Å². The Kier molecular flexibility index (Phi) is 5.81. The number of ether oxygens (including phenoxy) is 1. The van der Waals surface area contributed by atoms with Crippen LogP contribution < -0.4 is 5.73 Å². The highest BCUT2D eigenvalue weighted by atomic mass is 16.5. The summed E-state index contributed by atoms with van der Waals surface area (Å²) in [6.07, 6.45) is 0.127. The maximum atomic E-state index is 12.0. The standard InChI is InChI=1S/C13H18N2O4/c1-19-6-5-15(9-13(17)18)12(16)8-10-3-2-4-11(14)7-10/h2-4,7H,5-6,8-9,14H2,1H3,(H,17,18). The predicted octanol–water partition coefficient (Wildman–Crippen LogP) is 0.371. The third-order valence-corrected chi connectivity index (χ3v) is 2.55. The first-order chi connectivity index (χ1) is 9.02. The Labute approximate surface area is 111 Å². The lowest BCUT2D eigenvalue weighted by Gasteiger charge is -2.20. The molecule has 3 N–H and O–H groups in total. The van der Waals surface area contributed by atoms with Gasteiger partial charge in [-0.05, 0) is 17.7 Å². The number of benzene rings is 1. The van der Waals surface area contributed by atoms with Gasteiger partial charge < -0.3 is 20.5 Å². The van der Waals surface area contributed by atoms with Crippen LogP contribution in [0.1, 0.15) is 5.56 Å². The van der Waals surface area contributed by atoms with Gasteiger partial charge in [-0.3, -0.25) is 9.59 Å². The molecule has 6 heteroatoms. The SMILES string of the molecule is COCCN(CC(=O)O)C(=O)Cc1cccc(N)c1. The summed E-state index contributed by atoms with van der Waals surface area (Å²) in [7, 11) is 1.50. The molecule has 19 heavy (non-hydrogen) atoms. The van der Waals surface area contributed by atoms with Gasteiger partial charge in [0.1, 0.15) is 6.54 Å². The Morgan fingerprint density at radius 3 is 2.74 bits per heavy atom. The molecule has 1 amide bonds. The van der Waals surface area contributed by atoms with Gasteiger partial charge in [0.2, 0.25) is 5.91 Å². The predicted molar refractivity (Wildman–Crippen MR) is 70.7 cm³/mol. The molecule has 0 aromatic heterocycles. The fraction of sp³-hybridized carbons (Fsp3) is 0.385. The molecule has 0 atom stereocenters. The molecule has 104 valence electrons. The number of carboxylic acids is 1. The number of aliphatic carboxylic acids is 1. The number of carbonyl (C=O) groups is 2. The number of hydrogen-bond acceptors (Lipinski definition) is 4. The van der Waals surface area contributed by atoms with Crippen LogP contribution in [-0.2, 0) is 20.7 Å². The van der Waals surface area contributed by atoms with E-state index in [0.717, 1.165) is 5.56 Å². The van der Waals surface area contributed by atoms with Crippen molar-refractivity contribution in [1.29, 1.82) is 0 Å². The molecule has 0 bridgehead atoms. The number of amides is 1. The number of rotatable bonds is 7. The van der Waals surface area contributed by atoms with Crippen molar-refractivity contribution >= 4 is 17.6 Å². The summed E-state index contributed by atoms with van der Waals surface area (Å²) in [6, 6.07) is 6.97. The summed E-state index contributed by atoms with van der Waals surface area (Å²) in [6.45, 7) is 0.227. The average molecular weight is 266 g/mol. The number of nitrogens with two attached hydrogens (primary N) is 1. The van der Waals surface area contributed by atoms with E-state index in [1.54, 1.807) is 24.3 Å². The van der Waals surface area contributed by atoms with Crippen molar-refractivity contribution in [2.75, 3.05) is 32.5 Å². The molecule has 0 saturated heterocycles. The second kappa shape index (κ2) is 7.38. The average Bonchev–Trinajstić information content (AvgIpc) is 2.34. The number of carboxylic acid groups (broad SMARTS) is 1. The van der Waals surface area contributed by atoms with Crippen molar-refractivity contribution in [2.24, 2.45) is 0 Å². The van der Waals surface area contributed by atoms with Gasteiger partial charge in [-0.25, -0.2) is 0 Å². The zero-order valence-electron chi connectivity index (χ0n) is 10.8. The summed E-state index contributed by atoms with van der Waals surface area (Å²) in [5.41, 5.74) is 6.97. The van der Waals surface area contributed by atoms with Crippen LogP contribution >= 0.6 is 0 Å². The van der Waals surface area contributed by atoms with Gasteiger partial charge in [0.15, 0.2) is 0 Å². The van der Waals surface area contributed by atoms with Crippen LogP contribution in [0.15, 0.2) is 24.3 Å². The van der Waals surface area contributed by atoms with Crippen LogP contribution in [0, 0.1) is 0 Å². The van der Waals surface area contributed by atoms with Gasteiger partial charge in [-0.1, -0.05) is 12.1 Å². The summed E-state index contributed by atoms with van der Waals surface area (Å²) >= 11 is 0. The molecule has 0 radical (unpaired) electrons. The third-order valence-electron chi connectivity index (χ3n) is 2.55. The van der Waals surface area contributed by atoms with Gasteiger partial charge in [-0.2, -0.15) is 0 Å². The van der Waals surface area contributed by atoms with E-state index in [-0.39, 0.29) is 25.4 Å². The van der Waals surface area contributed by atoms with Crippen LogP contribution in [0.5, 0.6) is 0 Å². The Morgan fingerprint density at radius 1 is 1.42 bits per heavy atom. The normalized spacial score (nSPS) is 10.2. The minimum Gasteiger partial charge on any atom is -0.480 e. The van der Waals surface area contributed by atoms with Gasteiger partial charge >= 0.3 is 5.97 Å². The van der Waals surface area contributed by atoms with Gasteiger partial charge in [-0.15, -0.1) is 0 Å². The van der Waals surface area contributed by atoms with Crippen molar-refractivity contribution < 1.29 is 19.4 Å². The molecule has 1 aromatic carbocycles. The number of anilines is 1. The van der Waals surface area contributed by atoms with Gasteiger partial charge in [0, 0.05) is 19.3 Å². The highest BCUT2D eigenvalue weighted by molar-refractivity contribution is 5.83. The molecule has 0 aliphatic rings. The molecule has 0 aliphatic heterocycles. The largest absolute Gasteiger partial charge is 0.480 e. The first-order valence-corrected chi connectivity index (χ1v) is 5.86. The molecule has 0 heterocycles. The minimum absolute atomic E-state index is 0.127. The smallest absolute Gasteiger partial charge is 0.323 e. The summed E-state index contributed by atoms with van der Waals surface area (Å²) in [4.78, 5) is 24.0. The fourth-order valence-corrected chi connectivity index (χ4v) is 1.65. The lowest BCUT2D eigenvalue weighted by Crippen LogP contribution is -2.38. The lowest BCUT2D eigenvalue weighted by molar-refractivity contribution is -0.144.